The summed E-state index contributed by atoms with van der Waals surface area (Å²) in [5, 5.41) is 16.3. The van der Waals surface area contributed by atoms with Gasteiger partial charge in [-0.25, -0.2) is 0 Å². The van der Waals surface area contributed by atoms with Gasteiger partial charge in [0.15, 0.2) is 0 Å². The number of amides is 1. The molecule has 0 bridgehead atoms. The first kappa shape index (κ1) is 15.4. The molecule has 7 heteroatoms. The van der Waals surface area contributed by atoms with Crippen LogP contribution < -0.4 is 5.32 Å². The number of hydrogen-bond donors (Lipinski definition) is 2. The SMILES string of the molecule is O=C(NCc1ccn(C2CCCC2)n1)C(F)(F)C1(O)CCC1. The van der Waals surface area contributed by atoms with Gasteiger partial charge >= 0.3 is 5.92 Å². The molecule has 1 amide bonds. The van der Waals surface area contributed by atoms with E-state index in [0.717, 1.165) is 12.8 Å². The molecule has 1 aromatic rings. The lowest BCUT2D eigenvalue weighted by Gasteiger charge is -2.41. The molecule has 0 aromatic carbocycles. The molecule has 0 atom stereocenters. The Morgan fingerprint density at radius 2 is 2.09 bits per heavy atom. The number of halogens is 2. The first-order valence-electron chi connectivity index (χ1n) is 7.85. The predicted molar refractivity (Wildman–Crippen MR) is 75.3 cm³/mol. The van der Waals surface area contributed by atoms with Crippen LogP contribution in [0.25, 0.3) is 0 Å². The molecule has 0 aliphatic heterocycles. The fourth-order valence-electron chi connectivity index (χ4n) is 3.16. The highest BCUT2D eigenvalue weighted by atomic mass is 19.3. The number of alkyl halides is 2. The molecule has 0 radical (unpaired) electrons. The molecule has 22 heavy (non-hydrogen) atoms. The molecular formula is C15H21F2N3O2. The molecular weight excluding hydrogens is 292 g/mol. The maximum Gasteiger partial charge on any atom is 0.352 e. The Labute approximate surface area is 127 Å². The van der Waals surface area contributed by atoms with Crippen molar-refractivity contribution in [2.75, 3.05) is 0 Å². The van der Waals surface area contributed by atoms with Crippen molar-refractivity contribution in [3.05, 3.63) is 18.0 Å². The first-order chi connectivity index (χ1) is 10.4. The summed E-state index contributed by atoms with van der Waals surface area (Å²) in [6.07, 6.45) is 6.80. The summed E-state index contributed by atoms with van der Waals surface area (Å²) >= 11 is 0. The number of carbonyl (C=O) groups is 1. The highest BCUT2D eigenvalue weighted by molar-refractivity contribution is 5.85. The van der Waals surface area contributed by atoms with Gasteiger partial charge in [-0.15, -0.1) is 0 Å². The van der Waals surface area contributed by atoms with Crippen LogP contribution in [-0.4, -0.2) is 32.3 Å². The molecule has 2 saturated carbocycles. The molecule has 1 aromatic heterocycles. The highest BCUT2D eigenvalue weighted by Crippen LogP contribution is 2.44. The van der Waals surface area contributed by atoms with Crippen molar-refractivity contribution in [2.24, 2.45) is 0 Å². The van der Waals surface area contributed by atoms with Gasteiger partial charge in [0, 0.05) is 6.20 Å². The van der Waals surface area contributed by atoms with Crippen LogP contribution in [0.5, 0.6) is 0 Å². The number of nitrogens with one attached hydrogen (secondary N) is 1. The molecule has 0 unspecified atom stereocenters. The van der Waals surface area contributed by atoms with E-state index in [1.54, 1.807) is 6.07 Å². The van der Waals surface area contributed by atoms with Crippen molar-refractivity contribution in [2.45, 2.75) is 69.1 Å². The Balaban J connectivity index is 1.57. The molecule has 3 rings (SSSR count). The zero-order valence-corrected chi connectivity index (χ0v) is 12.4. The third-order valence-electron chi connectivity index (χ3n) is 4.84. The Kier molecular flexibility index (Phi) is 3.92. The van der Waals surface area contributed by atoms with Crippen molar-refractivity contribution in [3.63, 3.8) is 0 Å². The number of aromatic nitrogens is 2. The highest BCUT2D eigenvalue weighted by Gasteiger charge is 2.61. The zero-order valence-electron chi connectivity index (χ0n) is 12.4. The number of rotatable bonds is 5. The molecule has 2 aliphatic rings. The molecule has 2 fully saturated rings. The smallest absolute Gasteiger partial charge is 0.352 e. The first-order valence-corrected chi connectivity index (χ1v) is 7.85. The van der Waals surface area contributed by atoms with E-state index < -0.39 is 17.4 Å². The van der Waals surface area contributed by atoms with Crippen LogP contribution in [0.15, 0.2) is 12.3 Å². The van der Waals surface area contributed by atoms with E-state index in [0.29, 0.717) is 18.2 Å². The fraction of sp³-hybridized carbons (Fsp3) is 0.733. The van der Waals surface area contributed by atoms with Crippen LogP contribution in [-0.2, 0) is 11.3 Å². The predicted octanol–water partition coefficient (Wildman–Crippen LogP) is 2.16. The van der Waals surface area contributed by atoms with Crippen LogP contribution in [0.3, 0.4) is 0 Å². The quantitative estimate of drug-likeness (QED) is 0.875. The average molecular weight is 313 g/mol. The van der Waals surface area contributed by atoms with Gasteiger partial charge in [-0.1, -0.05) is 12.8 Å². The maximum absolute atomic E-state index is 13.9. The minimum absolute atomic E-state index is 0.0380. The minimum Gasteiger partial charge on any atom is -0.383 e. The van der Waals surface area contributed by atoms with Gasteiger partial charge in [0.2, 0.25) is 0 Å². The van der Waals surface area contributed by atoms with Crippen LogP contribution in [0, 0.1) is 0 Å². The van der Waals surface area contributed by atoms with Crippen LogP contribution in [0.1, 0.15) is 56.7 Å². The molecule has 0 saturated heterocycles. The molecule has 122 valence electrons. The van der Waals surface area contributed by atoms with Crippen LogP contribution in [0.4, 0.5) is 8.78 Å². The van der Waals surface area contributed by atoms with Crippen LogP contribution >= 0.6 is 0 Å². The Hall–Kier alpha value is -1.50. The Bertz CT molecular complexity index is 549. The van der Waals surface area contributed by atoms with Gasteiger partial charge in [0.1, 0.15) is 5.60 Å². The normalized spacial score (nSPS) is 21.6. The van der Waals surface area contributed by atoms with Crippen molar-refractivity contribution >= 4 is 5.91 Å². The second-order valence-electron chi connectivity index (χ2n) is 6.37. The number of hydrogen-bond acceptors (Lipinski definition) is 3. The fourth-order valence-corrected chi connectivity index (χ4v) is 3.16. The van der Waals surface area contributed by atoms with Gasteiger partial charge in [-0.3, -0.25) is 9.48 Å². The topological polar surface area (TPSA) is 67.2 Å². The monoisotopic (exact) mass is 313 g/mol. The molecule has 5 nitrogen and oxygen atoms in total. The maximum atomic E-state index is 13.9. The van der Waals surface area contributed by atoms with Crippen molar-refractivity contribution in [1.29, 1.82) is 0 Å². The van der Waals surface area contributed by atoms with E-state index in [-0.39, 0.29) is 19.4 Å². The van der Waals surface area contributed by atoms with E-state index in [9.17, 15) is 18.7 Å². The lowest BCUT2D eigenvalue weighted by atomic mass is 9.75. The summed E-state index contributed by atoms with van der Waals surface area (Å²) < 4.78 is 29.7. The van der Waals surface area contributed by atoms with Crippen molar-refractivity contribution in [3.8, 4) is 0 Å². The largest absolute Gasteiger partial charge is 0.383 e. The summed E-state index contributed by atoms with van der Waals surface area (Å²) in [5.41, 5.74) is -1.63. The second-order valence-corrected chi connectivity index (χ2v) is 6.37. The van der Waals surface area contributed by atoms with Gasteiger partial charge in [-0.2, -0.15) is 13.9 Å². The summed E-state index contributed by atoms with van der Waals surface area (Å²) in [4.78, 5) is 11.7. The third-order valence-corrected chi connectivity index (χ3v) is 4.84. The van der Waals surface area contributed by atoms with E-state index in [1.807, 2.05) is 10.9 Å². The lowest BCUT2D eigenvalue weighted by molar-refractivity contribution is -0.216. The van der Waals surface area contributed by atoms with Gasteiger partial charge in [0.05, 0.1) is 18.3 Å². The molecule has 1 heterocycles. The number of nitrogens with zero attached hydrogens (tertiary/aromatic N) is 2. The summed E-state index contributed by atoms with van der Waals surface area (Å²) in [7, 11) is 0. The third kappa shape index (κ3) is 2.62. The Morgan fingerprint density at radius 1 is 1.41 bits per heavy atom. The molecule has 2 N–H and O–H groups in total. The Morgan fingerprint density at radius 3 is 2.68 bits per heavy atom. The molecule has 0 spiro atoms. The number of carbonyl (C=O) groups excluding carboxylic acids is 1. The van der Waals surface area contributed by atoms with Crippen LogP contribution in [0.2, 0.25) is 0 Å². The second kappa shape index (κ2) is 5.61. The van der Waals surface area contributed by atoms with Gasteiger partial charge in [-0.05, 0) is 38.2 Å². The molecule has 2 aliphatic carbocycles. The lowest BCUT2D eigenvalue weighted by Crippen LogP contribution is -2.60. The van der Waals surface area contributed by atoms with Gasteiger partial charge in [0.25, 0.3) is 5.91 Å². The minimum atomic E-state index is -3.75. The summed E-state index contributed by atoms with van der Waals surface area (Å²) in [6.45, 7) is -0.0514. The van der Waals surface area contributed by atoms with Gasteiger partial charge < -0.3 is 10.4 Å². The standard InChI is InChI=1S/C15H21F2N3O2/c16-15(17,14(22)7-3-8-14)13(21)18-10-11-6-9-20(19-11)12-4-1-2-5-12/h6,9,12,22H,1-5,7-8,10H2,(H,18,21). The van der Waals surface area contributed by atoms with Crippen molar-refractivity contribution in [1.82, 2.24) is 15.1 Å². The van der Waals surface area contributed by atoms with E-state index in [4.69, 9.17) is 0 Å². The van der Waals surface area contributed by atoms with E-state index >= 15 is 0 Å². The summed E-state index contributed by atoms with van der Waals surface area (Å²) in [6, 6.07) is 2.11. The van der Waals surface area contributed by atoms with Crippen molar-refractivity contribution < 1.29 is 18.7 Å². The summed E-state index contributed by atoms with van der Waals surface area (Å²) in [5.74, 6) is -5.18. The average Bonchev–Trinajstić information content (AvgIpc) is 3.12. The zero-order chi connectivity index (χ0) is 15.8. The van der Waals surface area contributed by atoms with E-state index in [2.05, 4.69) is 10.4 Å². The number of aliphatic hydroxyl groups is 1. The van der Waals surface area contributed by atoms with E-state index in [1.165, 1.54) is 12.8 Å².